The number of halogens is 4. The molecule has 0 spiro atoms. The van der Waals surface area contributed by atoms with Crippen molar-refractivity contribution < 1.29 is 22.4 Å². The van der Waals surface area contributed by atoms with Crippen molar-refractivity contribution in [1.29, 1.82) is 0 Å². The van der Waals surface area contributed by atoms with E-state index in [2.05, 4.69) is 15.0 Å². The molecule has 0 radical (unpaired) electrons. The molecule has 94 valence electrons. The second-order valence-electron chi connectivity index (χ2n) is 3.36. The number of rotatable bonds is 2. The quantitative estimate of drug-likeness (QED) is 0.665. The van der Waals surface area contributed by atoms with E-state index < -0.39 is 17.6 Å². The molecule has 0 saturated heterocycles. The van der Waals surface area contributed by atoms with Crippen LogP contribution in [0.4, 0.5) is 17.6 Å². The van der Waals surface area contributed by atoms with Gasteiger partial charge in [-0.3, -0.25) is 4.79 Å². The maximum absolute atomic E-state index is 13.5. The number of aldehydes is 1. The number of alkyl halides is 3. The number of carbonyl (C=O) groups is 1. The Morgan fingerprint density at radius 2 is 1.94 bits per heavy atom. The normalized spacial score (nSPS) is 11.6. The van der Waals surface area contributed by atoms with E-state index in [4.69, 9.17) is 0 Å². The third kappa shape index (κ3) is 2.22. The first-order valence-electron chi connectivity index (χ1n) is 4.65. The molecule has 0 bridgehead atoms. The summed E-state index contributed by atoms with van der Waals surface area (Å²) in [5, 5.41) is 0. The Kier molecular flexibility index (Phi) is 2.85. The summed E-state index contributed by atoms with van der Waals surface area (Å²) < 4.78 is 50.3. The minimum atomic E-state index is -4.66. The van der Waals surface area contributed by atoms with E-state index in [-0.39, 0.29) is 17.2 Å². The van der Waals surface area contributed by atoms with E-state index in [1.165, 1.54) is 0 Å². The number of carbonyl (C=O) groups excluding carboxylic acids is 1. The molecule has 2 heterocycles. The monoisotopic (exact) mass is 259 g/mol. The van der Waals surface area contributed by atoms with E-state index >= 15 is 0 Å². The third-order valence-electron chi connectivity index (χ3n) is 2.12. The van der Waals surface area contributed by atoms with Gasteiger partial charge in [0.1, 0.15) is 5.69 Å². The zero-order valence-electron chi connectivity index (χ0n) is 8.62. The SMILES string of the molecule is O=Cc1cnc(-c2ncc(C(F)(F)F)cc2F)[nH]1. The second-order valence-corrected chi connectivity index (χ2v) is 3.36. The minimum absolute atomic E-state index is 0.0751. The van der Waals surface area contributed by atoms with Gasteiger partial charge in [-0.05, 0) is 6.07 Å². The van der Waals surface area contributed by atoms with Crippen LogP contribution in [0.2, 0.25) is 0 Å². The molecule has 18 heavy (non-hydrogen) atoms. The van der Waals surface area contributed by atoms with Crippen LogP contribution >= 0.6 is 0 Å². The molecular weight excluding hydrogens is 254 g/mol. The van der Waals surface area contributed by atoms with Crippen molar-refractivity contribution >= 4 is 6.29 Å². The van der Waals surface area contributed by atoms with Gasteiger partial charge in [0.15, 0.2) is 17.9 Å². The molecule has 0 aliphatic carbocycles. The molecule has 0 aliphatic rings. The van der Waals surface area contributed by atoms with Gasteiger partial charge in [-0.15, -0.1) is 0 Å². The Hall–Kier alpha value is -2.25. The van der Waals surface area contributed by atoms with E-state index in [0.29, 0.717) is 18.5 Å². The Bertz CT molecular complexity index is 591. The highest BCUT2D eigenvalue weighted by Crippen LogP contribution is 2.30. The van der Waals surface area contributed by atoms with Crippen LogP contribution in [0.25, 0.3) is 11.5 Å². The summed E-state index contributed by atoms with van der Waals surface area (Å²) in [6.45, 7) is 0. The summed E-state index contributed by atoms with van der Waals surface area (Å²) in [5.74, 6) is -1.28. The van der Waals surface area contributed by atoms with Gasteiger partial charge in [-0.2, -0.15) is 13.2 Å². The second kappa shape index (κ2) is 4.21. The molecule has 0 amide bonds. The zero-order chi connectivity index (χ0) is 13.3. The number of hydrogen-bond donors (Lipinski definition) is 1. The molecule has 2 aromatic heterocycles. The van der Waals surface area contributed by atoms with E-state index in [0.717, 1.165) is 6.20 Å². The van der Waals surface area contributed by atoms with Crippen molar-refractivity contribution in [1.82, 2.24) is 15.0 Å². The summed E-state index contributed by atoms with van der Waals surface area (Å²) in [6.07, 6.45) is -2.59. The highest BCUT2D eigenvalue weighted by molar-refractivity contribution is 5.72. The summed E-state index contributed by atoms with van der Waals surface area (Å²) in [4.78, 5) is 19.8. The molecule has 2 aromatic rings. The molecule has 2 rings (SSSR count). The van der Waals surface area contributed by atoms with E-state index in [9.17, 15) is 22.4 Å². The number of aromatic nitrogens is 3. The number of nitrogens with zero attached hydrogens (tertiary/aromatic N) is 2. The Labute approximate surface area is 97.7 Å². The largest absolute Gasteiger partial charge is 0.417 e. The fourth-order valence-electron chi connectivity index (χ4n) is 1.28. The van der Waals surface area contributed by atoms with E-state index in [1.807, 2.05) is 0 Å². The van der Waals surface area contributed by atoms with Crippen LogP contribution < -0.4 is 0 Å². The molecule has 0 saturated carbocycles. The predicted molar refractivity (Wildman–Crippen MR) is 52.2 cm³/mol. The molecule has 1 N–H and O–H groups in total. The van der Waals surface area contributed by atoms with Gasteiger partial charge < -0.3 is 4.98 Å². The Balaban J connectivity index is 2.44. The van der Waals surface area contributed by atoms with Crippen molar-refractivity contribution in [2.75, 3.05) is 0 Å². The third-order valence-corrected chi connectivity index (χ3v) is 2.12. The van der Waals surface area contributed by atoms with Gasteiger partial charge >= 0.3 is 6.18 Å². The van der Waals surface area contributed by atoms with Crippen LogP contribution in [-0.2, 0) is 6.18 Å². The van der Waals surface area contributed by atoms with Crippen molar-refractivity contribution in [2.24, 2.45) is 0 Å². The lowest BCUT2D eigenvalue weighted by atomic mass is 10.2. The van der Waals surface area contributed by atoms with Crippen LogP contribution in [0.1, 0.15) is 16.1 Å². The Morgan fingerprint density at radius 1 is 1.22 bits per heavy atom. The first-order valence-corrected chi connectivity index (χ1v) is 4.65. The Morgan fingerprint density at radius 3 is 2.44 bits per heavy atom. The highest BCUT2D eigenvalue weighted by Gasteiger charge is 2.32. The van der Waals surface area contributed by atoms with E-state index in [1.54, 1.807) is 0 Å². The average Bonchev–Trinajstić information content (AvgIpc) is 2.76. The summed E-state index contributed by atoms with van der Waals surface area (Å²) in [6, 6.07) is 0.325. The van der Waals surface area contributed by atoms with Crippen molar-refractivity contribution in [3.63, 3.8) is 0 Å². The maximum Gasteiger partial charge on any atom is 0.417 e. The lowest BCUT2D eigenvalue weighted by molar-refractivity contribution is -0.138. The molecule has 8 heteroatoms. The lowest BCUT2D eigenvalue weighted by Crippen LogP contribution is -2.07. The van der Waals surface area contributed by atoms with Crippen LogP contribution in [-0.4, -0.2) is 21.2 Å². The highest BCUT2D eigenvalue weighted by atomic mass is 19.4. The van der Waals surface area contributed by atoms with Crippen LogP contribution in [0, 0.1) is 5.82 Å². The number of hydrogen-bond acceptors (Lipinski definition) is 3. The lowest BCUT2D eigenvalue weighted by Gasteiger charge is -2.07. The molecule has 0 atom stereocenters. The maximum atomic E-state index is 13.5. The van der Waals surface area contributed by atoms with Gasteiger partial charge in [0.2, 0.25) is 0 Å². The number of aromatic amines is 1. The van der Waals surface area contributed by atoms with Gasteiger partial charge in [-0.1, -0.05) is 0 Å². The van der Waals surface area contributed by atoms with Crippen molar-refractivity contribution in [3.05, 3.63) is 35.5 Å². The van der Waals surface area contributed by atoms with Crippen LogP contribution in [0.15, 0.2) is 18.5 Å². The first-order chi connectivity index (χ1) is 8.41. The zero-order valence-corrected chi connectivity index (χ0v) is 8.62. The molecule has 0 aliphatic heterocycles. The van der Waals surface area contributed by atoms with Crippen molar-refractivity contribution in [3.8, 4) is 11.5 Å². The van der Waals surface area contributed by atoms with Gasteiger partial charge in [-0.25, -0.2) is 14.4 Å². The van der Waals surface area contributed by atoms with Crippen LogP contribution in [0.5, 0.6) is 0 Å². The number of nitrogens with one attached hydrogen (secondary N) is 1. The summed E-state index contributed by atoms with van der Waals surface area (Å²) in [5.41, 5.74) is -1.49. The summed E-state index contributed by atoms with van der Waals surface area (Å²) in [7, 11) is 0. The fourth-order valence-corrected chi connectivity index (χ4v) is 1.28. The van der Waals surface area contributed by atoms with Crippen LogP contribution in [0.3, 0.4) is 0 Å². The molecule has 0 aromatic carbocycles. The minimum Gasteiger partial charge on any atom is -0.334 e. The average molecular weight is 259 g/mol. The molecular formula is C10H5F4N3O. The smallest absolute Gasteiger partial charge is 0.334 e. The predicted octanol–water partition coefficient (Wildman–Crippen LogP) is 2.44. The first kappa shape index (κ1) is 12.2. The standard InChI is InChI=1S/C10H5F4N3O/c11-7-1-5(10(12,13)14)2-15-8(7)9-16-3-6(4-18)17-9/h1-4H,(H,16,17). The summed E-state index contributed by atoms with van der Waals surface area (Å²) >= 11 is 0. The van der Waals surface area contributed by atoms with Gasteiger partial charge in [0, 0.05) is 6.20 Å². The topological polar surface area (TPSA) is 58.6 Å². The fraction of sp³-hybridized carbons (Fsp3) is 0.100. The van der Waals surface area contributed by atoms with Gasteiger partial charge in [0.05, 0.1) is 17.5 Å². The number of pyridine rings is 1. The van der Waals surface area contributed by atoms with Crippen molar-refractivity contribution in [2.45, 2.75) is 6.18 Å². The number of H-pyrrole nitrogens is 1. The van der Waals surface area contributed by atoms with Gasteiger partial charge in [0.25, 0.3) is 0 Å². The molecule has 4 nitrogen and oxygen atoms in total. The molecule has 0 unspecified atom stereocenters. The number of imidazole rings is 1. The molecule has 0 fully saturated rings.